The van der Waals surface area contributed by atoms with Crippen LogP contribution in [-0.4, -0.2) is 45.2 Å². The topological polar surface area (TPSA) is 150 Å². The fraction of sp³-hybridized carbons (Fsp3) is 0.241. The molecule has 200 valence electrons. The summed E-state index contributed by atoms with van der Waals surface area (Å²) in [5.74, 6) is 0.936. The number of ketones is 1. The van der Waals surface area contributed by atoms with Gasteiger partial charge in [-0.05, 0) is 55.5 Å². The summed E-state index contributed by atoms with van der Waals surface area (Å²) in [6.45, 7) is 0. The predicted octanol–water partition coefficient (Wildman–Crippen LogP) is 3.87. The second kappa shape index (κ2) is 9.38. The first-order valence-corrected chi connectivity index (χ1v) is 13.2. The lowest BCUT2D eigenvalue weighted by Gasteiger charge is -2.36. The van der Waals surface area contributed by atoms with Gasteiger partial charge in [0.25, 0.3) is 0 Å². The summed E-state index contributed by atoms with van der Waals surface area (Å²) < 4.78 is 8.50. The Morgan fingerprint density at radius 3 is 2.62 bits per heavy atom. The molecule has 1 fully saturated rings. The number of Topliss-reactive ketones (excluding diaryl/α,β-unsaturated/α-hetero) is 1. The smallest absolute Gasteiger partial charge is 0.225 e. The van der Waals surface area contributed by atoms with Crippen molar-refractivity contribution in [2.75, 3.05) is 5.73 Å². The number of carbonyl (C=O) groups is 1. The number of hydrogen-bond donors (Lipinski definition) is 2. The van der Waals surface area contributed by atoms with E-state index in [0.29, 0.717) is 53.2 Å². The summed E-state index contributed by atoms with van der Waals surface area (Å²) in [5, 5.41) is 20.4. The highest BCUT2D eigenvalue weighted by Gasteiger charge is 2.37. The number of anilines is 1. The van der Waals surface area contributed by atoms with Gasteiger partial charge in [-0.2, -0.15) is 14.6 Å². The molecule has 7 rings (SSSR count). The molecule has 40 heavy (non-hydrogen) atoms. The molecule has 11 nitrogen and oxygen atoms in total. The maximum Gasteiger partial charge on any atom is 0.225 e. The van der Waals surface area contributed by atoms with E-state index in [1.54, 1.807) is 29.3 Å². The van der Waals surface area contributed by atoms with Crippen LogP contribution >= 0.6 is 0 Å². The van der Waals surface area contributed by atoms with Crippen molar-refractivity contribution < 1.29 is 14.3 Å². The molecule has 0 saturated heterocycles. The number of nitrogens with zero attached hydrogens (tertiary/aromatic N) is 7. The number of aromatic nitrogens is 7. The Labute approximate surface area is 228 Å². The van der Waals surface area contributed by atoms with E-state index < -0.39 is 11.6 Å². The Bertz CT molecular complexity index is 1840. The van der Waals surface area contributed by atoms with Crippen molar-refractivity contribution in [3.63, 3.8) is 0 Å². The van der Waals surface area contributed by atoms with Crippen LogP contribution in [0, 0.1) is 0 Å². The number of pyridine rings is 1. The minimum Gasteiger partial charge on any atom is -0.461 e. The highest BCUT2D eigenvalue weighted by molar-refractivity contribution is 5.93. The van der Waals surface area contributed by atoms with Crippen molar-refractivity contribution >= 4 is 28.4 Å². The monoisotopic (exact) mass is 534 g/mol. The van der Waals surface area contributed by atoms with E-state index in [-0.39, 0.29) is 18.2 Å². The highest BCUT2D eigenvalue weighted by Crippen LogP contribution is 2.40. The molecule has 0 radical (unpaired) electrons. The zero-order chi connectivity index (χ0) is 27.3. The summed E-state index contributed by atoms with van der Waals surface area (Å²) in [6.07, 6.45) is 6.25. The van der Waals surface area contributed by atoms with Crippen LogP contribution in [0.3, 0.4) is 0 Å². The molecule has 3 N–H and O–H groups in total. The van der Waals surface area contributed by atoms with Crippen molar-refractivity contribution in [2.24, 2.45) is 0 Å². The number of hydrogen-bond acceptors (Lipinski definition) is 9. The Morgan fingerprint density at radius 2 is 1.88 bits per heavy atom. The largest absolute Gasteiger partial charge is 0.461 e. The van der Waals surface area contributed by atoms with Gasteiger partial charge >= 0.3 is 0 Å². The summed E-state index contributed by atoms with van der Waals surface area (Å²) in [4.78, 5) is 27.7. The summed E-state index contributed by atoms with van der Waals surface area (Å²) >= 11 is 0. The summed E-state index contributed by atoms with van der Waals surface area (Å²) in [5.41, 5.74) is 8.56. The molecule has 1 unspecified atom stereocenters. The van der Waals surface area contributed by atoms with Crippen LogP contribution in [0.4, 0.5) is 5.95 Å². The molecule has 1 saturated carbocycles. The highest BCUT2D eigenvalue weighted by atomic mass is 16.3. The minimum absolute atomic E-state index is 0.0521. The number of benzene rings is 1. The molecule has 0 bridgehead atoms. The van der Waals surface area contributed by atoms with Crippen LogP contribution in [0.1, 0.15) is 48.7 Å². The van der Waals surface area contributed by atoms with E-state index in [1.807, 2.05) is 48.5 Å². The number of rotatable bonds is 8. The minimum atomic E-state index is -0.851. The van der Waals surface area contributed by atoms with Crippen LogP contribution in [0.2, 0.25) is 0 Å². The van der Waals surface area contributed by atoms with Gasteiger partial charge in [0, 0.05) is 12.1 Å². The van der Waals surface area contributed by atoms with Crippen molar-refractivity contribution in [3.8, 4) is 11.6 Å². The Hall–Kier alpha value is -4.90. The molecule has 5 heterocycles. The lowest BCUT2D eigenvalue weighted by Crippen LogP contribution is -2.34. The molecule has 1 aromatic carbocycles. The first-order chi connectivity index (χ1) is 19.5. The first kappa shape index (κ1) is 24.2. The lowest BCUT2D eigenvalue weighted by molar-refractivity contribution is -0.121. The summed E-state index contributed by atoms with van der Waals surface area (Å²) in [6, 6.07) is 17.9. The normalized spacial score (nSPS) is 15.3. The second-order valence-corrected chi connectivity index (χ2v) is 10.1. The lowest BCUT2D eigenvalue weighted by atomic mass is 9.77. The molecule has 0 spiro atoms. The molecular weight excluding hydrogens is 508 g/mol. The van der Waals surface area contributed by atoms with Crippen LogP contribution in [0.15, 0.2) is 77.5 Å². The number of furan rings is 1. The van der Waals surface area contributed by atoms with Crippen molar-refractivity contribution in [2.45, 2.75) is 43.7 Å². The van der Waals surface area contributed by atoms with E-state index in [0.717, 1.165) is 17.7 Å². The molecule has 1 atom stereocenters. The number of aliphatic hydroxyl groups is 1. The van der Waals surface area contributed by atoms with Gasteiger partial charge in [0.15, 0.2) is 22.8 Å². The van der Waals surface area contributed by atoms with Gasteiger partial charge in [-0.1, -0.05) is 36.4 Å². The molecule has 0 aliphatic heterocycles. The van der Waals surface area contributed by atoms with Gasteiger partial charge in [0.2, 0.25) is 11.8 Å². The molecule has 11 heteroatoms. The van der Waals surface area contributed by atoms with Crippen molar-refractivity contribution in [1.82, 2.24) is 34.3 Å². The van der Waals surface area contributed by atoms with E-state index in [9.17, 15) is 9.90 Å². The Morgan fingerprint density at radius 1 is 1.02 bits per heavy atom. The van der Waals surface area contributed by atoms with Gasteiger partial charge in [0.1, 0.15) is 11.6 Å². The van der Waals surface area contributed by atoms with Gasteiger partial charge < -0.3 is 15.3 Å². The molecule has 6 aromatic rings. The third-order valence-electron chi connectivity index (χ3n) is 7.55. The third-order valence-corrected chi connectivity index (χ3v) is 7.55. The fourth-order valence-corrected chi connectivity index (χ4v) is 5.26. The van der Waals surface area contributed by atoms with E-state index in [4.69, 9.17) is 10.2 Å². The first-order valence-electron chi connectivity index (χ1n) is 13.2. The van der Waals surface area contributed by atoms with Crippen LogP contribution in [-0.2, 0) is 16.8 Å². The zero-order valence-corrected chi connectivity index (χ0v) is 21.5. The van der Waals surface area contributed by atoms with E-state index in [2.05, 4.69) is 25.1 Å². The van der Waals surface area contributed by atoms with Crippen molar-refractivity contribution in [3.05, 3.63) is 90.1 Å². The standard InChI is InChI=1S/C29H26N8O3/c30-28-34-27-20(26-33-25(35-37(26)28)22-10-5-16-40-22)17-31-36(27)24(18-7-2-1-3-8-18)21(38)13-12-19-9-4-11-23(32-19)29(39)14-6-15-29/h1-5,7-11,16-17,24,39H,6,12-15H2,(H2,30,34). The number of fused-ring (bicyclic) bond motifs is 3. The Kier molecular flexibility index (Phi) is 5.67. The van der Waals surface area contributed by atoms with Gasteiger partial charge in [0.05, 0.1) is 23.5 Å². The third kappa shape index (κ3) is 4.02. The Balaban J connectivity index is 1.25. The second-order valence-electron chi connectivity index (χ2n) is 10.1. The van der Waals surface area contributed by atoms with Crippen LogP contribution < -0.4 is 5.73 Å². The van der Waals surface area contributed by atoms with Gasteiger partial charge in [-0.25, -0.2) is 9.67 Å². The van der Waals surface area contributed by atoms with Crippen LogP contribution in [0.5, 0.6) is 0 Å². The number of carbonyl (C=O) groups excluding carboxylic acids is 1. The zero-order valence-electron chi connectivity index (χ0n) is 21.5. The molecule has 0 amide bonds. The van der Waals surface area contributed by atoms with Crippen LogP contribution in [0.25, 0.3) is 28.3 Å². The van der Waals surface area contributed by atoms with Gasteiger partial charge in [-0.3, -0.25) is 9.78 Å². The quantitative estimate of drug-likeness (QED) is 0.296. The fourth-order valence-electron chi connectivity index (χ4n) is 5.26. The summed E-state index contributed by atoms with van der Waals surface area (Å²) in [7, 11) is 0. The number of nitrogens with two attached hydrogens (primary N) is 1. The predicted molar refractivity (Wildman–Crippen MR) is 146 cm³/mol. The maximum atomic E-state index is 13.9. The van der Waals surface area contributed by atoms with E-state index in [1.165, 1.54) is 4.52 Å². The molecule has 1 aliphatic carbocycles. The van der Waals surface area contributed by atoms with E-state index >= 15 is 0 Å². The maximum absolute atomic E-state index is 13.9. The average molecular weight is 535 g/mol. The SMILES string of the molecule is Nc1nc2c(cnn2C(C(=O)CCc2cccc(C3(O)CCC3)n2)c2ccccc2)c2nc(-c3ccco3)nn12. The number of nitrogen functional groups attached to an aromatic ring is 1. The van der Waals surface area contributed by atoms with Crippen molar-refractivity contribution in [1.29, 1.82) is 0 Å². The molecular formula is C29H26N8O3. The number of aryl methyl sites for hydroxylation is 1. The molecule has 1 aliphatic rings. The average Bonchev–Trinajstić information content (AvgIpc) is 3.72. The van der Waals surface area contributed by atoms with Gasteiger partial charge in [-0.15, -0.1) is 5.10 Å². The molecule has 5 aromatic heterocycles.